The molecule has 4 nitrogen and oxygen atoms in total. The second-order valence-corrected chi connectivity index (χ2v) is 6.47. The van der Waals surface area contributed by atoms with Crippen LogP contribution < -0.4 is 4.90 Å². The van der Waals surface area contributed by atoms with Gasteiger partial charge in [0.25, 0.3) is 5.91 Å². The summed E-state index contributed by atoms with van der Waals surface area (Å²) in [4.78, 5) is 20.4. The van der Waals surface area contributed by atoms with Gasteiger partial charge < -0.3 is 9.80 Å². The number of carbonyl (C=O) groups is 1. The van der Waals surface area contributed by atoms with Gasteiger partial charge in [0.05, 0.1) is 6.20 Å². The number of anilines is 1. The van der Waals surface area contributed by atoms with Gasteiger partial charge in [-0.1, -0.05) is 17.7 Å². The molecule has 0 atom stereocenters. The second-order valence-electron chi connectivity index (χ2n) is 6.03. The average molecular weight is 348 g/mol. The summed E-state index contributed by atoms with van der Waals surface area (Å²) in [7, 11) is 0. The molecule has 0 bridgehead atoms. The van der Waals surface area contributed by atoms with Crippen LogP contribution in [0.1, 0.15) is 21.6 Å². The molecule has 1 aromatic heterocycles. The van der Waals surface area contributed by atoms with Gasteiger partial charge in [0.1, 0.15) is 11.5 Å². The van der Waals surface area contributed by atoms with Crippen molar-refractivity contribution in [3.63, 3.8) is 0 Å². The SMILES string of the molecule is Cc1cc(C(=O)N2CCN(c3cc(Cl)ccc3C)CC2)ncc1F. The molecule has 0 saturated carbocycles. The van der Waals surface area contributed by atoms with E-state index in [9.17, 15) is 9.18 Å². The minimum atomic E-state index is -0.396. The van der Waals surface area contributed by atoms with E-state index in [2.05, 4.69) is 16.8 Å². The number of amides is 1. The van der Waals surface area contributed by atoms with Crippen molar-refractivity contribution in [1.29, 1.82) is 0 Å². The highest BCUT2D eigenvalue weighted by Crippen LogP contribution is 2.25. The molecular formula is C18H19ClFN3O. The normalized spacial score (nSPS) is 14.8. The lowest BCUT2D eigenvalue weighted by molar-refractivity contribution is 0.0740. The number of rotatable bonds is 2. The standard InChI is InChI=1S/C18H19ClFN3O/c1-12-3-4-14(19)10-17(12)22-5-7-23(8-6-22)18(24)16-9-13(2)15(20)11-21-16/h3-4,9-11H,5-8H2,1-2H3. The summed E-state index contributed by atoms with van der Waals surface area (Å²) in [6.07, 6.45) is 1.11. The number of carbonyl (C=O) groups excluding carboxylic acids is 1. The lowest BCUT2D eigenvalue weighted by Crippen LogP contribution is -2.49. The second kappa shape index (κ2) is 6.77. The van der Waals surface area contributed by atoms with Crippen LogP contribution in [0.4, 0.5) is 10.1 Å². The summed E-state index contributed by atoms with van der Waals surface area (Å²) in [5.41, 5.74) is 2.99. The topological polar surface area (TPSA) is 36.4 Å². The molecule has 3 rings (SSSR count). The maximum Gasteiger partial charge on any atom is 0.272 e. The molecule has 1 aromatic carbocycles. The number of aryl methyl sites for hydroxylation is 2. The van der Waals surface area contributed by atoms with Crippen molar-refractivity contribution >= 4 is 23.2 Å². The van der Waals surface area contributed by atoms with E-state index in [1.165, 1.54) is 6.07 Å². The third kappa shape index (κ3) is 3.36. The van der Waals surface area contributed by atoms with E-state index in [0.29, 0.717) is 29.4 Å². The number of hydrogen-bond acceptors (Lipinski definition) is 3. The largest absolute Gasteiger partial charge is 0.368 e. The van der Waals surface area contributed by atoms with Crippen LogP contribution in [0.3, 0.4) is 0 Å². The molecule has 126 valence electrons. The quantitative estimate of drug-likeness (QED) is 0.834. The minimum absolute atomic E-state index is 0.152. The van der Waals surface area contributed by atoms with Gasteiger partial charge in [-0.2, -0.15) is 0 Å². The van der Waals surface area contributed by atoms with Crippen LogP contribution in [0.5, 0.6) is 0 Å². The van der Waals surface area contributed by atoms with Crippen LogP contribution in [-0.4, -0.2) is 42.0 Å². The first-order valence-electron chi connectivity index (χ1n) is 7.88. The monoisotopic (exact) mass is 347 g/mol. The number of nitrogens with zero attached hydrogens (tertiary/aromatic N) is 3. The Labute approximate surface area is 145 Å². The summed E-state index contributed by atoms with van der Waals surface area (Å²) < 4.78 is 13.3. The fourth-order valence-corrected chi connectivity index (χ4v) is 3.06. The Morgan fingerprint density at radius 2 is 1.83 bits per heavy atom. The summed E-state index contributed by atoms with van der Waals surface area (Å²) >= 11 is 6.09. The number of aromatic nitrogens is 1. The van der Waals surface area contributed by atoms with Crippen LogP contribution >= 0.6 is 11.6 Å². The van der Waals surface area contributed by atoms with E-state index >= 15 is 0 Å². The van der Waals surface area contributed by atoms with Crippen LogP contribution in [0.2, 0.25) is 5.02 Å². The Morgan fingerprint density at radius 3 is 2.50 bits per heavy atom. The van der Waals surface area contributed by atoms with Crippen LogP contribution in [0.15, 0.2) is 30.5 Å². The first-order chi connectivity index (χ1) is 11.5. The highest BCUT2D eigenvalue weighted by Gasteiger charge is 2.24. The molecule has 1 fully saturated rings. The zero-order valence-electron chi connectivity index (χ0n) is 13.7. The molecule has 0 radical (unpaired) electrons. The minimum Gasteiger partial charge on any atom is -0.368 e. The van der Waals surface area contributed by atoms with Gasteiger partial charge in [0, 0.05) is 36.9 Å². The smallest absolute Gasteiger partial charge is 0.272 e. The molecule has 1 aliphatic rings. The van der Waals surface area contributed by atoms with Gasteiger partial charge in [-0.05, 0) is 43.2 Å². The molecule has 0 spiro atoms. The fourth-order valence-electron chi connectivity index (χ4n) is 2.89. The van der Waals surface area contributed by atoms with Crippen molar-refractivity contribution in [2.75, 3.05) is 31.1 Å². The molecule has 2 aromatic rings. The Bertz CT molecular complexity index is 773. The Hall–Kier alpha value is -2.14. The maximum atomic E-state index is 13.3. The molecule has 6 heteroatoms. The van der Waals surface area contributed by atoms with Crippen LogP contribution in [0, 0.1) is 19.7 Å². The molecule has 0 N–H and O–H groups in total. The lowest BCUT2D eigenvalue weighted by Gasteiger charge is -2.36. The predicted octanol–water partition coefficient (Wildman–Crippen LogP) is 3.45. The van der Waals surface area contributed by atoms with Gasteiger partial charge in [0.2, 0.25) is 0 Å². The van der Waals surface area contributed by atoms with Gasteiger partial charge in [-0.3, -0.25) is 4.79 Å². The molecule has 1 amide bonds. The number of halogens is 2. The Morgan fingerprint density at radius 1 is 1.12 bits per heavy atom. The number of pyridine rings is 1. The number of benzene rings is 1. The number of piperazine rings is 1. The molecule has 0 unspecified atom stereocenters. The Balaban J connectivity index is 1.69. The van der Waals surface area contributed by atoms with E-state index < -0.39 is 5.82 Å². The van der Waals surface area contributed by atoms with Gasteiger partial charge in [-0.25, -0.2) is 9.37 Å². The average Bonchev–Trinajstić information content (AvgIpc) is 2.59. The van der Waals surface area contributed by atoms with Gasteiger partial charge in [0.15, 0.2) is 0 Å². The molecule has 1 saturated heterocycles. The third-order valence-electron chi connectivity index (χ3n) is 4.34. The van der Waals surface area contributed by atoms with E-state index in [1.54, 1.807) is 11.8 Å². The van der Waals surface area contributed by atoms with Crippen molar-refractivity contribution in [2.45, 2.75) is 13.8 Å². The summed E-state index contributed by atoms with van der Waals surface area (Å²) in [6.45, 7) is 6.34. The van der Waals surface area contributed by atoms with E-state index in [-0.39, 0.29) is 5.91 Å². The highest BCUT2D eigenvalue weighted by atomic mass is 35.5. The first-order valence-corrected chi connectivity index (χ1v) is 8.26. The first kappa shape index (κ1) is 16.7. The Kier molecular flexibility index (Phi) is 4.71. The molecule has 0 aliphatic carbocycles. The summed E-state index contributed by atoms with van der Waals surface area (Å²) in [5.74, 6) is -0.548. The highest BCUT2D eigenvalue weighted by molar-refractivity contribution is 6.30. The van der Waals surface area contributed by atoms with Crippen molar-refractivity contribution in [3.8, 4) is 0 Å². The van der Waals surface area contributed by atoms with Crippen LogP contribution in [0.25, 0.3) is 0 Å². The fraction of sp³-hybridized carbons (Fsp3) is 0.333. The molecule has 24 heavy (non-hydrogen) atoms. The molecular weight excluding hydrogens is 329 g/mol. The zero-order chi connectivity index (χ0) is 17.3. The summed E-state index contributed by atoms with van der Waals surface area (Å²) in [5, 5.41) is 0.708. The summed E-state index contributed by atoms with van der Waals surface area (Å²) in [6, 6.07) is 7.34. The number of hydrogen-bond donors (Lipinski definition) is 0. The van der Waals surface area contributed by atoms with E-state index in [1.807, 2.05) is 18.2 Å². The maximum absolute atomic E-state index is 13.3. The van der Waals surface area contributed by atoms with E-state index in [4.69, 9.17) is 11.6 Å². The van der Waals surface area contributed by atoms with Gasteiger partial charge in [-0.15, -0.1) is 0 Å². The molecule has 2 heterocycles. The van der Waals surface area contributed by atoms with Gasteiger partial charge >= 0.3 is 0 Å². The molecule has 1 aliphatic heterocycles. The van der Waals surface area contributed by atoms with Crippen molar-refractivity contribution in [2.24, 2.45) is 0 Å². The predicted molar refractivity (Wildman–Crippen MR) is 93.2 cm³/mol. The van der Waals surface area contributed by atoms with Crippen molar-refractivity contribution in [1.82, 2.24) is 9.88 Å². The van der Waals surface area contributed by atoms with E-state index in [0.717, 1.165) is 30.5 Å². The zero-order valence-corrected chi connectivity index (χ0v) is 14.5. The van der Waals surface area contributed by atoms with Crippen LogP contribution in [-0.2, 0) is 0 Å². The van der Waals surface area contributed by atoms with Crippen molar-refractivity contribution < 1.29 is 9.18 Å². The lowest BCUT2D eigenvalue weighted by atomic mass is 10.1. The third-order valence-corrected chi connectivity index (χ3v) is 4.58. The van der Waals surface area contributed by atoms with Crippen molar-refractivity contribution in [3.05, 3.63) is 58.1 Å².